The topological polar surface area (TPSA) is 68.0 Å². The van der Waals surface area contributed by atoms with Crippen molar-refractivity contribution in [2.75, 3.05) is 11.1 Å². The summed E-state index contributed by atoms with van der Waals surface area (Å²) in [5.41, 5.74) is 2.20. The molecular formula is C17H12Cl3N3O2S. The first-order valence-corrected chi connectivity index (χ1v) is 9.52. The quantitative estimate of drug-likeness (QED) is 0.525. The van der Waals surface area contributed by atoms with Crippen molar-refractivity contribution in [3.05, 3.63) is 57.0 Å². The lowest BCUT2D eigenvalue weighted by atomic mass is 10.1. The predicted octanol–water partition coefficient (Wildman–Crippen LogP) is 5.74. The van der Waals surface area contributed by atoms with Gasteiger partial charge in [0.15, 0.2) is 0 Å². The number of thioether (sulfide) groups is 1. The smallest absolute Gasteiger partial charge is 0.277 e. The fourth-order valence-corrected chi connectivity index (χ4v) is 3.63. The highest BCUT2D eigenvalue weighted by atomic mass is 35.5. The number of aryl methyl sites for hydroxylation is 1. The molecule has 3 aromatic rings. The van der Waals surface area contributed by atoms with Crippen molar-refractivity contribution in [3.63, 3.8) is 0 Å². The summed E-state index contributed by atoms with van der Waals surface area (Å²) in [4.78, 5) is 12.1. The number of amides is 1. The Kier molecular flexibility index (Phi) is 6.09. The van der Waals surface area contributed by atoms with E-state index in [2.05, 4.69) is 15.5 Å². The first-order valence-electron chi connectivity index (χ1n) is 7.40. The summed E-state index contributed by atoms with van der Waals surface area (Å²) in [6, 6.07) is 10.7. The van der Waals surface area contributed by atoms with E-state index in [4.69, 9.17) is 39.2 Å². The number of carbonyl (C=O) groups is 1. The largest absolute Gasteiger partial charge is 0.411 e. The average Bonchev–Trinajstić information content (AvgIpc) is 3.05. The van der Waals surface area contributed by atoms with Crippen LogP contribution in [0.1, 0.15) is 5.56 Å². The fourth-order valence-electron chi connectivity index (χ4n) is 2.15. The van der Waals surface area contributed by atoms with Gasteiger partial charge in [-0.05, 0) is 30.7 Å². The number of carbonyl (C=O) groups excluding carboxylic acids is 1. The summed E-state index contributed by atoms with van der Waals surface area (Å²) in [5, 5.41) is 11.8. The van der Waals surface area contributed by atoms with E-state index in [0.717, 1.165) is 22.9 Å². The minimum atomic E-state index is -0.309. The summed E-state index contributed by atoms with van der Waals surface area (Å²) in [7, 11) is 0. The molecule has 26 heavy (non-hydrogen) atoms. The van der Waals surface area contributed by atoms with E-state index in [1.807, 2.05) is 31.2 Å². The van der Waals surface area contributed by atoms with Gasteiger partial charge in [-0.15, -0.1) is 10.2 Å². The van der Waals surface area contributed by atoms with Crippen LogP contribution in [0.15, 0.2) is 46.0 Å². The first-order chi connectivity index (χ1) is 12.4. The Morgan fingerprint density at radius 2 is 1.85 bits per heavy atom. The number of anilines is 1. The van der Waals surface area contributed by atoms with Gasteiger partial charge in [0.05, 0.1) is 21.5 Å². The highest BCUT2D eigenvalue weighted by Crippen LogP contribution is 2.34. The lowest BCUT2D eigenvalue weighted by molar-refractivity contribution is -0.113. The molecule has 2 aromatic carbocycles. The van der Waals surface area contributed by atoms with Gasteiger partial charge in [-0.3, -0.25) is 4.79 Å². The molecule has 0 atom stereocenters. The minimum absolute atomic E-state index is 0.0602. The van der Waals surface area contributed by atoms with Crippen molar-refractivity contribution in [2.45, 2.75) is 12.1 Å². The van der Waals surface area contributed by atoms with Gasteiger partial charge in [0.25, 0.3) is 5.22 Å². The van der Waals surface area contributed by atoms with Gasteiger partial charge in [-0.25, -0.2) is 0 Å². The third-order valence-corrected chi connectivity index (χ3v) is 5.01. The second-order valence-electron chi connectivity index (χ2n) is 5.27. The molecule has 1 N–H and O–H groups in total. The molecule has 0 saturated carbocycles. The lowest BCUT2D eigenvalue weighted by Gasteiger charge is -2.09. The van der Waals surface area contributed by atoms with Gasteiger partial charge in [0.1, 0.15) is 0 Å². The molecule has 9 heteroatoms. The summed E-state index contributed by atoms with van der Waals surface area (Å²) < 4.78 is 5.61. The van der Waals surface area contributed by atoms with Crippen LogP contribution in [0.3, 0.4) is 0 Å². The summed E-state index contributed by atoms with van der Waals surface area (Å²) in [6.45, 7) is 1.96. The van der Waals surface area contributed by atoms with Crippen molar-refractivity contribution < 1.29 is 9.21 Å². The van der Waals surface area contributed by atoms with Crippen molar-refractivity contribution in [2.24, 2.45) is 0 Å². The van der Waals surface area contributed by atoms with Gasteiger partial charge in [0, 0.05) is 10.6 Å². The van der Waals surface area contributed by atoms with Crippen LogP contribution in [0.2, 0.25) is 15.1 Å². The van der Waals surface area contributed by atoms with E-state index >= 15 is 0 Å². The Morgan fingerprint density at radius 1 is 1.15 bits per heavy atom. The highest BCUT2D eigenvalue weighted by molar-refractivity contribution is 7.99. The van der Waals surface area contributed by atoms with Crippen molar-refractivity contribution in [1.82, 2.24) is 10.2 Å². The summed E-state index contributed by atoms with van der Waals surface area (Å²) >= 11 is 19.1. The lowest BCUT2D eigenvalue weighted by Crippen LogP contribution is -2.14. The highest BCUT2D eigenvalue weighted by Gasteiger charge is 2.15. The molecule has 3 rings (SSSR count). The van der Waals surface area contributed by atoms with Crippen LogP contribution < -0.4 is 5.32 Å². The van der Waals surface area contributed by atoms with Crippen LogP contribution in [0, 0.1) is 6.92 Å². The second kappa shape index (κ2) is 8.31. The number of rotatable bonds is 5. The van der Waals surface area contributed by atoms with E-state index in [9.17, 15) is 4.79 Å². The van der Waals surface area contributed by atoms with Crippen molar-refractivity contribution >= 4 is 58.2 Å². The maximum atomic E-state index is 12.1. The molecule has 0 spiro atoms. The van der Waals surface area contributed by atoms with Crippen molar-refractivity contribution in [1.29, 1.82) is 0 Å². The minimum Gasteiger partial charge on any atom is -0.411 e. The molecule has 5 nitrogen and oxygen atoms in total. The molecule has 0 bridgehead atoms. The normalized spacial score (nSPS) is 10.8. The Morgan fingerprint density at radius 3 is 2.54 bits per heavy atom. The second-order valence-corrected chi connectivity index (χ2v) is 7.45. The Balaban J connectivity index is 1.63. The molecule has 0 aliphatic heterocycles. The van der Waals surface area contributed by atoms with Gasteiger partial charge >= 0.3 is 0 Å². The van der Waals surface area contributed by atoms with Crippen LogP contribution in [-0.2, 0) is 4.79 Å². The van der Waals surface area contributed by atoms with Crippen molar-refractivity contribution in [3.8, 4) is 11.5 Å². The van der Waals surface area contributed by atoms with E-state index in [1.165, 1.54) is 12.1 Å². The molecule has 1 amide bonds. The molecular weight excluding hydrogens is 417 g/mol. The first kappa shape index (κ1) is 19.0. The number of hydrogen-bond donors (Lipinski definition) is 1. The van der Waals surface area contributed by atoms with E-state index < -0.39 is 0 Å². The van der Waals surface area contributed by atoms with Gasteiger partial charge in [-0.1, -0.05) is 64.8 Å². The zero-order valence-electron chi connectivity index (χ0n) is 13.4. The summed E-state index contributed by atoms with van der Waals surface area (Å²) in [5.74, 6) is 0.164. The van der Waals surface area contributed by atoms with Crippen LogP contribution in [0.25, 0.3) is 11.5 Å². The molecule has 0 radical (unpaired) electrons. The molecule has 1 aromatic heterocycles. The molecule has 0 saturated heterocycles. The molecule has 134 valence electrons. The van der Waals surface area contributed by atoms with Gasteiger partial charge in [-0.2, -0.15) is 0 Å². The number of aromatic nitrogens is 2. The number of nitrogens with zero attached hydrogens (tertiary/aromatic N) is 2. The van der Waals surface area contributed by atoms with Gasteiger partial charge in [0.2, 0.25) is 11.8 Å². The van der Waals surface area contributed by atoms with Crippen LogP contribution in [-0.4, -0.2) is 21.9 Å². The third kappa shape index (κ3) is 4.51. The zero-order chi connectivity index (χ0) is 18.7. The molecule has 0 unspecified atom stereocenters. The van der Waals surface area contributed by atoms with Crippen LogP contribution in [0.4, 0.5) is 5.69 Å². The summed E-state index contributed by atoms with van der Waals surface area (Å²) in [6.07, 6.45) is 0. The number of hydrogen-bond acceptors (Lipinski definition) is 5. The fraction of sp³-hybridized carbons (Fsp3) is 0.118. The molecule has 1 heterocycles. The third-order valence-electron chi connectivity index (χ3n) is 3.38. The number of nitrogens with one attached hydrogen (secondary N) is 1. The predicted molar refractivity (Wildman–Crippen MR) is 105 cm³/mol. The Hall–Kier alpha value is -1.73. The molecule has 0 aliphatic carbocycles. The maximum Gasteiger partial charge on any atom is 0.277 e. The zero-order valence-corrected chi connectivity index (χ0v) is 16.5. The monoisotopic (exact) mass is 427 g/mol. The van der Waals surface area contributed by atoms with Crippen LogP contribution in [0.5, 0.6) is 0 Å². The maximum absolute atomic E-state index is 12.1. The Bertz CT molecular complexity index is 939. The number of benzene rings is 2. The SMILES string of the molecule is Cc1ccccc1-c1nnc(SCC(=O)Nc2c(Cl)cc(Cl)cc2Cl)o1. The van der Waals surface area contributed by atoms with E-state index in [1.54, 1.807) is 0 Å². The average molecular weight is 429 g/mol. The number of halogens is 3. The standard InChI is InChI=1S/C17H12Cl3N3O2S/c1-9-4-2-3-5-11(9)16-22-23-17(25-16)26-8-14(24)21-15-12(19)6-10(18)7-13(15)20/h2-7H,8H2,1H3,(H,21,24). The molecule has 0 aliphatic rings. The van der Waals surface area contributed by atoms with Crippen LogP contribution >= 0.6 is 46.6 Å². The Labute approximate surface area is 169 Å². The van der Waals surface area contributed by atoms with Gasteiger partial charge < -0.3 is 9.73 Å². The molecule has 0 fully saturated rings. The van der Waals surface area contributed by atoms with E-state index in [-0.39, 0.29) is 21.7 Å². The van der Waals surface area contributed by atoms with E-state index in [0.29, 0.717) is 21.8 Å².